The van der Waals surface area contributed by atoms with Gasteiger partial charge in [0.1, 0.15) is 0 Å². The van der Waals surface area contributed by atoms with Crippen molar-refractivity contribution >= 4 is 0 Å². The van der Waals surface area contributed by atoms with Crippen LogP contribution in [0.15, 0.2) is 23.8 Å². The van der Waals surface area contributed by atoms with E-state index in [1.165, 1.54) is 51.4 Å². The van der Waals surface area contributed by atoms with Gasteiger partial charge in [-0.15, -0.1) is 0 Å². The molecule has 0 saturated carbocycles. The van der Waals surface area contributed by atoms with E-state index in [0.29, 0.717) is 0 Å². The van der Waals surface area contributed by atoms with Crippen LogP contribution in [0.3, 0.4) is 0 Å². The molecule has 0 heteroatoms. The van der Waals surface area contributed by atoms with Gasteiger partial charge in [-0.05, 0) is 63.7 Å². The number of hydrogen-bond acceptors (Lipinski definition) is 0. The molecule has 0 fully saturated rings. The number of hydrogen-bond donors (Lipinski definition) is 0. The summed E-state index contributed by atoms with van der Waals surface area (Å²) in [6.07, 6.45) is 20.5. The van der Waals surface area contributed by atoms with E-state index in [0.717, 1.165) is 5.92 Å². The van der Waals surface area contributed by atoms with E-state index >= 15 is 0 Å². The van der Waals surface area contributed by atoms with Gasteiger partial charge in [0.05, 0.1) is 0 Å². The summed E-state index contributed by atoms with van der Waals surface area (Å²) in [7, 11) is 0. The molecule has 0 aliphatic heterocycles. The summed E-state index contributed by atoms with van der Waals surface area (Å²) in [5.74, 6) is 0.770. The summed E-state index contributed by atoms with van der Waals surface area (Å²) in [6, 6.07) is 0. The molecule has 0 bridgehead atoms. The van der Waals surface area contributed by atoms with Crippen LogP contribution >= 0.6 is 0 Å². The molecule has 0 nitrogen and oxygen atoms in total. The highest BCUT2D eigenvalue weighted by Gasteiger charge is 2.10. The first kappa shape index (κ1) is 10.0. The van der Waals surface area contributed by atoms with Gasteiger partial charge >= 0.3 is 0 Å². The van der Waals surface area contributed by atoms with Crippen LogP contribution in [0.5, 0.6) is 0 Å². The molecule has 2 aliphatic carbocycles. The van der Waals surface area contributed by atoms with Crippen molar-refractivity contribution in [3.8, 4) is 0 Å². The van der Waals surface area contributed by atoms with Crippen molar-refractivity contribution in [2.45, 2.75) is 51.4 Å². The fourth-order valence-electron chi connectivity index (χ4n) is 2.43. The molecule has 0 spiro atoms. The molecule has 2 rings (SSSR count). The normalized spacial score (nSPS) is 27.4. The van der Waals surface area contributed by atoms with Crippen LogP contribution in [0.4, 0.5) is 0 Å². The topological polar surface area (TPSA) is 0 Å². The highest BCUT2D eigenvalue weighted by molar-refractivity contribution is 5.11. The molecule has 0 aromatic heterocycles. The standard InChI is InChI=1S/C14H21/c1-3-7-13(8-4-1)11-12-14-9-5-2-6-10-14/h3,7,9,11,13H,1-2,4-6,8,10,12H2. The van der Waals surface area contributed by atoms with Gasteiger partial charge in [0.15, 0.2) is 0 Å². The minimum Gasteiger partial charge on any atom is -0.0882 e. The largest absolute Gasteiger partial charge is 0.0882 e. The molecule has 1 atom stereocenters. The Hall–Kier alpha value is -0.520. The summed E-state index contributed by atoms with van der Waals surface area (Å²) in [5, 5.41) is 0. The molecule has 2 aliphatic rings. The van der Waals surface area contributed by atoms with Gasteiger partial charge in [-0.1, -0.05) is 23.8 Å². The third kappa shape index (κ3) is 3.01. The van der Waals surface area contributed by atoms with Crippen LogP contribution in [0.1, 0.15) is 51.4 Å². The second kappa shape index (κ2) is 5.38. The van der Waals surface area contributed by atoms with Crippen molar-refractivity contribution in [1.29, 1.82) is 0 Å². The molecule has 1 radical (unpaired) electrons. The maximum atomic E-state index is 2.52. The molecule has 0 N–H and O–H groups in total. The second-order valence-corrected chi connectivity index (χ2v) is 4.57. The quantitative estimate of drug-likeness (QED) is 0.576. The Morgan fingerprint density at radius 1 is 1.21 bits per heavy atom. The Morgan fingerprint density at radius 3 is 2.93 bits per heavy atom. The van der Waals surface area contributed by atoms with Gasteiger partial charge < -0.3 is 0 Å². The van der Waals surface area contributed by atoms with Crippen LogP contribution in [0.2, 0.25) is 0 Å². The fraction of sp³-hybridized carbons (Fsp3) is 0.643. The number of allylic oxidation sites excluding steroid dienone is 4. The van der Waals surface area contributed by atoms with Gasteiger partial charge in [0.2, 0.25) is 0 Å². The molecule has 0 saturated heterocycles. The smallest absolute Gasteiger partial charge is 0.0199 e. The SMILES string of the molecule is [CH](CC1=CCCCC1)C1C=CCCC1. The van der Waals surface area contributed by atoms with Gasteiger partial charge in [-0.2, -0.15) is 0 Å². The predicted molar refractivity (Wildman–Crippen MR) is 61.9 cm³/mol. The van der Waals surface area contributed by atoms with Crippen molar-refractivity contribution in [2.75, 3.05) is 0 Å². The van der Waals surface area contributed by atoms with Crippen molar-refractivity contribution in [1.82, 2.24) is 0 Å². The molecule has 0 aromatic carbocycles. The molecule has 0 amide bonds. The van der Waals surface area contributed by atoms with Gasteiger partial charge in [-0.3, -0.25) is 0 Å². The Morgan fingerprint density at radius 2 is 2.21 bits per heavy atom. The first-order chi connectivity index (χ1) is 6.95. The summed E-state index contributed by atoms with van der Waals surface area (Å²) < 4.78 is 0. The van der Waals surface area contributed by atoms with Gasteiger partial charge in [0.25, 0.3) is 0 Å². The first-order valence-electron chi connectivity index (χ1n) is 6.13. The van der Waals surface area contributed by atoms with Crippen molar-refractivity contribution in [3.05, 3.63) is 30.2 Å². The minimum atomic E-state index is 0.770. The van der Waals surface area contributed by atoms with Gasteiger partial charge in [0, 0.05) is 0 Å². The van der Waals surface area contributed by atoms with E-state index in [2.05, 4.69) is 24.6 Å². The summed E-state index contributed by atoms with van der Waals surface area (Å²) in [4.78, 5) is 0. The van der Waals surface area contributed by atoms with E-state index in [1.807, 2.05) is 0 Å². The summed E-state index contributed by atoms with van der Waals surface area (Å²) >= 11 is 0. The molecule has 77 valence electrons. The maximum Gasteiger partial charge on any atom is -0.0199 e. The number of rotatable bonds is 3. The van der Waals surface area contributed by atoms with E-state index in [-0.39, 0.29) is 0 Å². The van der Waals surface area contributed by atoms with Crippen molar-refractivity contribution < 1.29 is 0 Å². The lowest BCUT2D eigenvalue weighted by Gasteiger charge is -2.18. The first-order valence-corrected chi connectivity index (χ1v) is 6.13. The third-order valence-corrected chi connectivity index (χ3v) is 3.36. The van der Waals surface area contributed by atoms with E-state index in [1.54, 1.807) is 5.57 Å². The lowest BCUT2D eigenvalue weighted by Crippen LogP contribution is -2.03. The maximum absolute atomic E-state index is 2.52. The highest BCUT2D eigenvalue weighted by atomic mass is 14.2. The Bertz CT molecular complexity index is 222. The van der Waals surface area contributed by atoms with E-state index in [4.69, 9.17) is 0 Å². The average molecular weight is 189 g/mol. The Balaban J connectivity index is 1.73. The zero-order valence-electron chi connectivity index (χ0n) is 9.04. The molecular formula is C14H21. The summed E-state index contributed by atoms with van der Waals surface area (Å²) in [5.41, 5.74) is 1.69. The molecule has 0 heterocycles. The van der Waals surface area contributed by atoms with Crippen molar-refractivity contribution in [3.63, 3.8) is 0 Å². The van der Waals surface area contributed by atoms with Crippen LogP contribution < -0.4 is 0 Å². The Kier molecular flexibility index (Phi) is 3.85. The van der Waals surface area contributed by atoms with Crippen molar-refractivity contribution in [2.24, 2.45) is 5.92 Å². The monoisotopic (exact) mass is 189 g/mol. The molecule has 1 unspecified atom stereocenters. The molecule has 0 aromatic rings. The Labute approximate surface area is 88.1 Å². The highest BCUT2D eigenvalue weighted by Crippen LogP contribution is 2.26. The predicted octanol–water partition coefficient (Wildman–Crippen LogP) is 4.44. The zero-order chi connectivity index (χ0) is 9.64. The molecule has 14 heavy (non-hydrogen) atoms. The van der Waals surface area contributed by atoms with Crippen LogP contribution in [-0.4, -0.2) is 0 Å². The van der Waals surface area contributed by atoms with E-state index < -0.39 is 0 Å². The second-order valence-electron chi connectivity index (χ2n) is 4.57. The van der Waals surface area contributed by atoms with Crippen LogP contribution in [0, 0.1) is 12.3 Å². The van der Waals surface area contributed by atoms with Crippen LogP contribution in [-0.2, 0) is 0 Å². The van der Waals surface area contributed by atoms with Gasteiger partial charge in [-0.25, -0.2) is 0 Å². The summed E-state index contributed by atoms with van der Waals surface area (Å²) in [6.45, 7) is 0. The lowest BCUT2D eigenvalue weighted by molar-refractivity contribution is 0.581. The average Bonchev–Trinajstić information content (AvgIpc) is 2.29. The fourth-order valence-corrected chi connectivity index (χ4v) is 2.43. The lowest BCUT2D eigenvalue weighted by atomic mass is 9.88. The van der Waals surface area contributed by atoms with E-state index in [9.17, 15) is 0 Å². The molecular weight excluding hydrogens is 168 g/mol. The minimum absolute atomic E-state index is 0.770. The zero-order valence-corrected chi connectivity index (χ0v) is 9.04. The third-order valence-electron chi connectivity index (χ3n) is 3.36. The van der Waals surface area contributed by atoms with Crippen LogP contribution in [0.25, 0.3) is 0 Å².